The highest BCUT2D eigenvalue weighted by Crippen LogP contribution is 2.36. The largest absolute Gasteiger partial charge is 0.442 e. The van der Waals surface area contributed by atoms with E-state index >= 15 is 0 Å². The van der Waals surface area contributed by atoms with Crippen molar-refractivity contribution in [3.8, 4) is 0 Å². The maximum absolute atomic E-state index is 12.7. The number of aromatic nitrogens is 1. The molecule has 2 aromatic rings. The Morgan fingerprint density at radius 2 is 2.08 bits per heavy atom. The van der Waals surface area contributed by atoms with E-state index in [1.54, 1.807) is 13.1 Å². The van der Waals surface area contributed by atoms with Crippen LogP contribution < -0.4 is 10.4 Å². The van der Waals surface area contributed by atoms with Crippen LogP contribution in [0.1, 0.15) is 55.2 Å². The average Bonchev–Trinajstić information content (AvgIpc) is 2.84. The van der Waals surface area contributed by atoms with Gasteiger partial charge in [0.25, 0.3) is 5.91 Å². The fourth-order valence-electron chi connectivity index (χ4n) is 3.70. The third-order valence-electron chi connectivity index (χ3n) is 4.68. The first-order valence-electron chi connectivity index (χ1n) is 8.78. The fourth-order valence-corrected chi connectivity index (χ4v) is 3.70. The second kappa shape index (κ2) is 5.59. The summed E-state index contributed by atoms with van der Waals surface area (Å²) in [6.45, 7) is 5.52. The average molecular weight is 354 g/mol. The number of hydrogen-bond donors (Lipinski definition) is 1. The van der Waals surface area contributed by atoms with Crippen molar-refractivity contribution in [1.82, 2.24) is 10.1 Å². The van der Waals surface area contributed by atoms with Crippen LogP contribution in [0.5, 0.6) is 0 Å². The highest BCUT2D eigenvalue weighted by atomic mass is 16.6. The molecular formula is C19H22N4O3. The van der Waals surface area contributed by atoms with Crippen LogP contribution in [-0.4, -0.2) is 35.0 Å². The molecule has 7 nitrogen and oxygen atoms in total. The van der Waals surface area contributed by atoms with E-state index in [0.717, 1.165) is 47.1 Å². The minimum absolute atomic E-state index is 0.225. The summed E-state index contributed by atoms with van der Waals surface area (Å²) < 4.78 is 7.41. The van der Waals surface area contributed by atoms with Crippen molar-refractivity contribution >= 4 is 28.6 Å². The molecule has 1 N–H and O–H groups in total. The molecule has 1 aliphatic heterocycles. The summed E-state index contributed by atoms with van der Waals surface area (Å²) >= 11 is 0. The number of hydrazone groups is 1. The summed E-state index contributed by atoms with van der Waals surface area (Å²) in [6.07, 6.45) is 2.09. The Kier molecular flexibility index (Phi) is 3.57. The van der Waals surface area contributed by atoms with Crippen LogP contribution in [-0.2, 0) is 11.2 Å². The third-order valence-corrected chi connectivity index (χ3v) is 4.68. The van der Waals surface area contributed by atoms with Crippen molar-refractivity contribution in [1.29, 1.82) is 0 Å². The highest BCUT2D eigenvalue weighted by Gasteiger charge is 2.33. The Balaban J connectivity index is 1.96. The molecule has 0 saturated heterocycles. The van der Waals surface area contributed by atoms with Crippen molar-refractivity contribution in [2.45, 2.75) is 45.6 Å². The molecule has 0 bridgehead atoms. The SMILES string of the molecule is CN(C(=O)OC(C)(C)C)n1c2c3c4c(cccc41)C(=O)NN=C3CCC2. The molecule has 2 heterocycles. The summed E-state index contributed by atoms with van der Waals surface area (Å²) in [5.41, 5.74) is 6.27. The van der Waals surface area contributed by atoms with Crippen molar-refractivity contribution < 1.29 is 14.3 Å². The molecule has 0 radical (unpaired) electrons. The van der Waals surface area contributed by atoms with Crippen LogP contribution in [0.25, 0.3) is 10.9 Å². The Labute approximate surface area is 151 Å². The first-order valence-corrected chi connectivity index (χ1v) is 8.78. The highest BCUT2D eigenvalue weighted by molar-refractivity contribution is 6.21. The molecule has 2 amide bonds. The summed E-state index contributed by atoms with van der Waals surface area (Å²) in [4.78, 5) is 25.1. The summed E-state index contributed by atoms with van der Waals surface area (Å²) in [7, 11) is 1.69. The molecule has 1 aliphatic carbocycles. The van der Waals surface area contributed by atoms with Gasteiger partial charge in [-0.05, 0) is 52.2 Å². The van der Waals surface area contributed by atoms with Gasteiger partial charge in [0.15, 0.2) is 0 Å². The van der Waals surface area contributed by atoms with Crippen molar-refractivity contribution in [3.63, 3.8) is 0 Å². The van der Waals surface area contributed by atoms with Gasteiger partial charge < -0.3 is 4.74 Å². The van der Waals surface area contributed by atoms with Gasteiger partial charge >= 0.3 is 6.09 Å². The number of carbonyl (C=O) groups is 2. The molecule has 1 aromatic carbocycles. The summed E-state index contributed by atoms with van der Waals surface area (Å²) in [6, 6.07) is 5.55. The van der Waals surface area contributed by atoms with Crippen LogP contribution in [0.2, 0.25) is 0 Å². The Morgan fingerprint density at radius 3 is 2.81 bits per heavy atom. The second-order valence-corrected chi connectivity index (χ2v) is 7.69. The number of rotatable bonds is 1. The monoisotopic (exact) mass is 354 g/mol. The van der Waals surface area contributed by atoms with Crippen molar-refractivity contribution in [3.05, 3.63) is 35.0 Å². The topological polar surface area (TPSA) is 75.9 Å². The van der Waals surface area contributed by atoms with E-state index in [9.17, 15) is 9.59 Å². The quantitative estimate of drug-likeness (QED) is 0.855. The molecule has 26 heavy (non-hydrogen) atoms. The summed E-state index contributed by atoms with van der Waals surface area (Å²) in [5.74, 6) is -0.225. The Bertz CT molecular complexity index is 965. The first kappa shape index (κ1) is 16.6. The number of amides is 2. The molecular weight excluding hydrogens is 332 g/mol. The minimum atomic E-state index is -0.586. The minimum Gasteiger partial charge on any atom is -0.442 e. The molecule has 2 aliphatic rings. The molecule has 0 fully saturated rings. The smallest absolute Gasteiger partial charge is 0.429 e. The van der Waals surface area contributed by atoms with Crippen molar-refractivity contribution in [2.24, 2.45) is 5.10 Å². The molecule has 7 heteroatoms. The Hall–Kier alpha value is -2.83. The maximum Gasteiger partial charge on any atom is 0.429 e. The molecule has 0 spiro atoms. The van der Waals surface area contributed by atoms with Gasteiger partial charge in [-0.2, -0.15) is 5.10 Å². The van der Waals surface area contributed by atoms with Gasteiger partial charge in [-0.15, -0.1) is 0 Å². The predicted molar refractivity (Wildman–Crippen MR) is 99.3 cm³/mol. The third kappa shape index (κ3) is 2.46. The van der Waals surface area contributed by atoms with E-state index in [0.29, 0.717) is 5.56 Å². The lowest BCUT2D eigenvalue weighted by atomic mass is 9.92. The van der Waals surface area contributed by atoms with E-state index in [1.807, 2.05) is 37.6 Å². The number of carbonyl (C=O) groups excluding carboxylic acids is 2. The van der Waals surface area contributed by atoms with E-state index < -0.39 is 11.7 Å². The summed E-state index contributed by atoms with van der Waals surface area (Å²) in [5, 5.41) is 6.66. The molecule has 4 rings (SSSR count). The van der Waals surface area contributed by atoms with Crippen LogP contribution in [0, 0.1) is 0 Å². The molecule has 0 saturated carbocycles. The number of nitrogens with zero attached hydrogens (tertiary/aromatic N) is 3. The fraction of sp³-hybridized carbons (Fsp3) is 0.421. The van der Waals surface area contributed by atoms with Crippen LogP contribution in [0.15, 0.2) is 23.3 Å². The van der Waals surface area contributed by atoms with Gasteiger partial charge in [0.05, 0.1) is 22.5 Å². The molecule has 0 atom stereocenters. The van der Waals surface area contributed by atoms with Gasteiger partial charge in [0, 0.05) is 18.0 Å². The van der Waals surface area contributed by atoms with Gasteiger partial charge in [0.1, 0.15) is 5.60 Å². The van der Waals surface area contributed by atoms with E-state index in [1.165, 1.54) is 5.01 Å². The molecule has 1 aromatic heterocycles. The second-order valence-electron chi connectivity index (χ2n) is 7.69. The number of nitrogens with one attached hydrogen (secondary N) is 1. The van der Waals surface area contributed by atoms with E-state index in [2.05, 4.69) is 10.5 Å². The van der Waals surface area contributed by atoms with E-state index in [4.69, 9.17) is 4.74 Å². The lowest BCUT2D eigenvalue weighted by Gasteiger charge is -2.28. The molecule has 0 unspecified atom stereocenters. The van der Waals surface area contributed by atoms with Crippen molar-refractivity contribution in [2.75, 3.05) is 12.1 Å². The zero-order chi connectivity index (χ0) is 18.6. The van der Waals surface area contributed by atoms with Crippen LogP contribution in [0.3, 0.4) is 0 Å². The maximum atomic E-state index is 12.7. The van der Waals surface area contributed by atoms with Gasteiger partial charge in [-0.25, -0.2) is 15.2 Å². The van der Waals surface area contributed by atoms with E-state index in [-0.39, 0.29) is 5.91 Å². The lowest BCUT2D eigenvalue weighted by molar-refractivity contribution is 0.0551. The zero-order valence-corrected chi connectivity index (χ0v) is 15.4. The van der Waals surface area contributed by atoms with Gasteiger partial charge in [-0.1, -0.05) is 6.07 Å². The first-order chi connectivity index (χ1) is 12.3. The van der Waals surface area contributed by atoms with Crippen LogP contribution in [0.4, 0.5) is 4.79 Å². The lowest BCUT2D eigenvalue weighted by Crippen LogP contribution is -2.42. The zero-order valence-electron chi connectivity index (χ0n) is 15.4. The Morgan fingerprint density at radius 1 is 1.31 bits per heavy atom. The van der Waals surface area contributed by atoms with Gasteiger partial charge in [0.2, 0.25) is 0 Å². The standard InChI is InChI=1S/C19H22N4O3/c1-19(2,3)26-18(25)22(4)23-13-9-5-7-11-15(13)16-12(20-21-17(11)24)8-6-10-14(16)23/h5,7,9H,6,8,10H2,1-4H3,(H,21,24). The predicted octanol–water partition coefficient (Wildman–Crippen LogP) is 2.93. The van der Waals surface area contributed by atoms with Gasteiger partial charge in [-0.3, -0.25) is 9.47 Å². The molecule has 136 valence electrons. The van der Waals surface area contributed by atoms with Crippen LogP contribution >= 0.6 is 0 Å². The number of hydrogen-bond acceptors (Lipinski definition) is 4. The number of benzene rings is 1. The number of ether oxygens (including phenoxy) is 1. The normalized spacial score (nSPS) is 16.0.